The molecule has 0 radical (unpaired) electrons. The number of aromatic nitrogens is 2. The molecular weight excluding hydrogens is 234 g/mol. The summed E-state index contributed by atoms with van der Waals surface area (Å²) in [5.41, 5.74) is 1.87. The molecule has 2 heterocycles. The van der Waals surface area contributed by atoms with E-state index >= 15 is 0 Å². The van der Waals surface area contributed by atoms with Crippen LogP contribution < -0.4 is 4.90 Å². The lowest BCUT2D eigenvalue weighted by molar-refractivity contribution is 0.281. The van der Waals surface area contributed by atoms with Crippen molar-refractivity contribution in [2.75, 3.05) is 11.9 Å². The molecule has 4 nitrogen and oxygen atoms in total. The first-order valence-electron chi connectivity index (χ1n) is 5.37. The number of rotatable bonds is 4. The van der Waals surface area contributed by atoms with Gasteiger partial charge in [-0.1, -0.05) is 6.07 Å². The Balaban J connectivity index is 2.16. The first-order chi connectivity index (χ1) is 8.20. The van der Waals surface area contributed by atoms with Crippen LogP contribution in [0.15, 0.2) is 23.7 Å². The van der Waals surface area contributed by atoms with Crippen LogP contribution in [0.4, 0.5) is 5.82 Å². The molecule has 0 aromatic carbocycles. The zero-order chi connectivity index (χ0) is 12.3. The smallest absolute Gasteiger partial charge is 0.134 e. The predicted molar refractivity (Wildman–Crippen MR) is 69.1 cm³/mol. The Kier molecular flexibility index (Phi) is 3.71. The van der Waals surface area contributed by atoms with Crippen LogP contribution in [0.2, 0.25) is 0 Å². The van der Waals surface area contributed by atoms with Gasteiger partial charge in [0.15, 0.2) is 0 Å². The van der Waals surface area contributed by atoms with Gasteiger partial charge < -0.3 is 10.0 Å². The van der Waals surface area contributed by atoms with Crippen molar-refractivity contribution in [2.24, 2.45) is 0 Å². The van der Waals surface area contributed by atoms with E-state index in [0.717, 1.165) is 22.1 Å². The molecule has 0 aliphatic heterocycles. The van der Waals surface area contributed by atoms with Gasteiger partial charge in [0, 0.05) is 24.2 Å². The number of nitrogens with zero attached hydrogens (tertiary/aromatic N) is 3. The van der Waals surface area contributed by atoms with Gasteiger partial charge in [-0.15, -0.1) is 11.3 Å². The second-order valence-electron chi connectivity index (χ2n) is 3.86. The molecule has 0 fully saturated rings. The van der Waals surface area contributed by atoms with Gasteiger partial charge in [0.05, 0.1) is 23.9 Å². The molecule has 0 bridgehead atoms. The number of aliphatic hydroxyl groups is 1. The molecule has 0 saturated heterocycles. The van der Waals surface area contributed by atoms with Crippen molar-refractivity contribution < 1.29 is 5.11 Å². The number of hydrogen-bond donors (Lipinski definition) is 1. The zero-order valence-electron chi connectivity index (χ0n) is 9.92. The van der Waals surface area contributed by atoms with E-state index in [-0.39, 0.29) is 6.61 Å². The first-order valence-corrected chi connectivity index (χ1v) is 6.25. The van der Waals surface area contributed by atoms with E-state index in [9.17, 15) is 5.11 Å². The van der Waals surface area contributed by atoms with Crippen molar-refractivity contribution in [3.8, 4) is 0 Å². The van der Waals surface area contributed by atoms with Gasteiger partial charge in [-0.2, -0.15) is 0 Å². The van der Waals surface area contributed by atoms with E-state index in [2.05, 4.69) is 9.97 Å². The van der Waals surface area contributed by atoms with Gasteiger partial charge in [0.2, 0.25) is 0 Å². The van der Waals surface area contributed by atoms with Crippen molar-refractivity contribution in [1.82, 2.24) is 9.97 Å². The molecule has 2 rings (SSSR count). The summed E-state index contributed by atoms with van der Waals surface area (Å²) in [5.74, 6) is 0.806. The lowest BCUT2D eigenvalue weighted by Gasteiger charge is -2.19. The van der Waals surface area contributed by atoms with Crippen LogP contribution in [0.5, 0.6) is 0 Å². The fourth-order valence-electron chi connectivity index (χ4n) is 1.70. The highest BCUT2D eigenvalue weighted by Crippen LogP contribution is 2.18. The van der Waals surface area contributed by atoms with E-state index in [1.165, 1.54) is 0 Å². The predicted octanol–water partition coefficient (Wildman–Crippen LogP) is 1.98. The minimum absolute atomic E-state index is 0.00358. The summed E-state index contributed by atoms with van der Waals surface area (Å²) in [6, 6.07) is 3.71. The molecule has 17 heavy (non-hydrogen) atoms. The maximum atomic E-state index is 9.26. The Hall–Kier alpha value is -1.46. The third kappa shape index (κ3) is 2.81. The van der Waals surface area contributed by atoms with Crippen LogP contribution in [0, 0.1) is 6.92 Å². The monoisotopic (exact) mass is 249 g/mol. The Morgan fingerprint density at radius 1 is 1.47 bits per heavy atom. The van der Waals surface area contributed by atoms with Crippen molar-refractivity contribution in [3.63, 3.8) is 0 Å². The number of anilines is 1. The maximum Gasteiger partial charge on any atom is 0.134 e. The Labute approximate surface area is 105 Å². The van der Waals surface area contributed by atoms with Crippen molar-refractivity contribution in [3.05, 3.63) is 40.0 Å². The molecule has 0 unspecified atom stereocenters. The Morgan fingerprint density at radius 2 is 2.29 bits per heavy atom. The van der Waals surface area contributed by atoms with E-state index in [1.807, 2.05) is 36.4 Å². The normalized spacial score (nSPS) is 10.5. The summed E-state index contributed by atoms with van der Waals surface area (Å²) < 4.78 is 0. The van der Waals surface area contributed by atoms with Gasteiger partial charge in [0.1, 0.15) is 5.82 Å². The summed E-state index contributed by atoms with van der Waals surface area (Å²) >= 11 is 1.64. The second-order valence-corrected chi connectivity index (χ2v) is 4.92. The van der Waals surface area contributed by atoms with Crippen LogP contribution in [-0.2, 0) is 13.2 Å². The van der Waals surface area contributed by atoms with Crippen molar-refractivity contribution in [2.45, 2.75) is 20.1 Å². The van der Waals surface area contributed by atoms with Crippen molar-refractivity contribution in [1.29, 1.82) is 0 Å². The molecule has 0 aliphatic carbocycles. The van der Waals surface area contributed by atoms with Crippen LogP contribution in [-0.4, -0.2) is 22.1 Å². The van der Waals surface area contributed by atoms with Crippen LogP contribution >= 0.6 is 11.3 Å². The molecule has 1 N–H and O–H groups in total. The summed E-state index contributed by atoms with van der Waals surface area (Å²) in [4.78, 5) is 10.7. The lowest BCUT2D eigenvalue weighted by Crippen LogP contribution is -2.19. The number of hydrogen-bond acceptors (Lipinski definition) is 5. The van der Waals surface area contributed by atoms with E-state index in [0.29, 0.717) is 6.54 Å². The highest BCUT2D eigenvalue weighted by molar-refractivity contribution is 7.09. The van der Waals surface area contributed by atoms with Gasteiger partial charge in [-0.25, -0.2) is 9.97 Å². The quantitative estimate of drug-likeness (QED) is 0.900. The minimum Gasteiger partial charge on any atom is -0.392 e. The topological polar surface area (TPSA) is 49.2 Å². The lowest BCUT2D eigenvalue weighted by atomic mass is 10.2. The summed E-state index contributed by atoms with van der Waals surface area (Å²) in [6.45, 7) is 2.70. The summed E-state index contributed by atoms with van der Waals surface area (Å²) in [7, 11) is 1.95. The van der Waals surface area contributed by atoms with Crippen LogP contribution in [0.3, 0.4) is 0 Å². The summed E-state index contributed by atoms with van der Waals surface area (Å²) in [6.07, 6.45) is 1.73. The van der Waals surface area contributed by atoms with E-state index in [4.69, 9.17) is 0 Å². The first kappa shape index (κ1) is 12.0. The highest BCUT2D eigenvalue weighted by Gasteiger charge is 2.09. The van der Waals surface area contributed by atoms with Crippen LogP contribution in [0.1, 0.15) is 16.3 Å². The van der Waals surface area contributed by atoms with Crippen LogP contribution in [0.25, 0.3) is 0 Å². The molecule has 5 heteroatoms. The van der Waals surface area contributed by atoms with Gasteiger partial charge in [-0.3, -0.25) is 0 Å². The fourth-order valence-corrected chi connectivity index (χ4v) is 2.30. The zero-order valence-corrected chi connectivity index (χ0v) is 10.7. The molecule has 0 aliphatic rings. The molecule has 0 atom stereocenters. The third-order valence-corrected chi connectivity index (χ3v) is 3.29. The number of pyridine rings is 1. The number of thiazole rings is 1. The third-order valence-electron chi connectivity index (χ3n) is 2.47. The standard InChI is InChI=1S/C12H15N3OS/c1-9-14-11(8-17-9)6-15(2)12-10(7-16)4-3-5-13-12/h3-5,8,16H,6-7H2,1-2H3. The van der Waals surface area contributed by atoms with Crippen molar-refractivity contribution >= 4 is 17.2 Å². The average Bonchev–Trinajstić information content (AvgIpc) is 2.74. The number of aliphatic hydroxyl groups excluding tert-OH is 1. The highest BCUT2D eigenvalue weighted by atomic mass is 32.1. The van der Waals surface area contributed by atoms with E-state index in [1.54, 1.807) is 17.5 Å². The average molecular weight is 249 g/mol. The summed E-state index contributed by atoms with van der Waals surface area (Å²) in [5, 5.41) is 12.4. The largest absolute Gasteiger partial charge is 0.392 e. The molecule has 0 amide bonds. The molecule has 0 spiro atoms. The minimum atomic E-state index is 0.00358. The molecule has 2 aromatic rings. The Bertz CT molecular complexity index is 498. The maximum absolute atomic E-state index is 9.26. The molecular formula is C12H15N3OS. The second kappa shape index (κ2) is 5.25. The van der Waals surface area contributed by atoms with Gasteiger partial charge in [-0.05, 0) is 13.0 Å². The van der Waals surface area contributed by atoms with Gasteiger partial charge >= 0.3 is 0 Å². The Morgan fingerprint density at radius 3 is 2.94 bits per heavy atom. The van der Waals surface area contributed by atoms with E-state index < -0.39 is 0 Å². The SMILES string of the molecule is Cc1nc(CN(C)c2ncccc2CO)cs1. The molecule has 2 aromatic heterocycles. The molecule has 90 valence electrons. The fraction of sp³-hybridized carbons (Fsp3) is 0.333. The number of aryl methyl sites for hydroxylation is 1. The van der Waals surface area contributed by atoms with Gasteiger partial charge in [0.25, 0.3) is 0 Å². The molecule has 0 saturated carbocycles.